The van der Waals surface area contributed by atoms with Gasteiger partial charge in [-0.25, -0.2) is 0 Å². The number of hydrogen-bond acceptors (Lipinski definition) is 2. The van der Waals surface area contributed by atoms with Crippen LogP contribution < -0.4 is 5.32 Å². The summed E-state index contributed by atoms with van der Waals surface area (Å²) < 4.78 is 0. The summed E-state index contributed by atoms with van der Waals surface area (Å²) in [7, 11) is 0. The Bertz CT molecular complexity index is 649. The van der Waals surface area contributed by atoms with Crippen LogP contribution in [0.2, 0.25) is 0 Å². The van der Waals surface area contributed by atoms with Crippen LogP contribution in [0.1, 0.15) is 25.0 Å². The molecule has 1 atom stereocenters. The number of hydrogen-bond donors (Lipinski definition) is 2. The van der Waals surface area contributed by atoms with E-state index in [1.54, 1.807) is 0 Å². The van der Waals surface area contributed by atoms with Crippen molar-refractivity contribution in [3.63, 3.8) is 0 Å². The van der Waals surface area contributed by atoms with Crippen molar-refractivity contribution in [3.8, 4) is 11.1 Å². The van der Waals surface area contributed by atoms with Crippen molar-refractivity contribution in [1.29, 1.82) is 0 Å². The normalized spacial score (nSPS) is 12.4. The van der Waals surface area contributed by atoms with Gasteiger partial charge in [0.15, 0.2) is 0 Å². The van der Waals surface area contributed by atoms with Crippen LogP contribution >= 0.6 is 0 Å². The highest BCUT2D eigenvalue weighted by atomic mass is 16.4. The van der Waals surface area contributed by atoms with E-state index >= 15 is 0 Å². The molecule has 0 aliphatic carbocycles. The fourth-order valence-electron chi connectivity index (χ4n) is 2.58. The van der Waals surface area contributed by atoms with Crippen LogP contribution in [0.5, 0.6) is 0 Å². The standard InChI is InChI=1S/C19H23NO2/c1-13(2)18(19(21)22)20-12-15-8-6-9-16(11-15)17-10-5-4-7-14(17)3/h4-11,13,18,20H,12H2,1-3H3,(H,21,22)/t18-/m0/s1. The number of carbonyl (C=O) groups is 1. The molecule has 0 aliphatic rings. The monoisotopic (exact) mass is 297 g/mol. The topological polar surface area (TPSA) is 49.3 Å². The molecule has 0 fully saturated rings. The van der Waals surface area contributed by atoms with E-state index in [0.29, 0.717) is 6.54 Å². The van der Waals surface area contributed by atoms with E-state index in [9.17, 15) is 9.90 Å². The maximum atomic E-state index is 11.2. The van der Waals surface area contributed by atoms with Gasteiger partial charge in [0.2, 0.25) is 0 Å². The lowest BCUT2D eigenvalue weighted by molar-refractivity contribution is -0.140. The van der Waals surface area contributed by atoms with Crippen LogP contribution in [0.25, 0.3) is 11.1 Å². The summed E-state index contributed by atoms with van der Waals surface area (Å²) >= 11 is 0. The summed E-state index contributed by atoms with van der Waals surface area (Å²) in [5.74, 6) is -0.748. The molecule has 22 heavy (non-hydrogen) atoms. The fraction of sp³-hybridized carbons (Fsp3) is 0.316. The van der Waals surface area contributed by atoms with Gasteiger partial charge in [-0.1, -0.05) is 56.3 Å². The molecule has 0 bridgehead atoms. The van der Waals surface area contributed by atoms with Crippen LogP contribution in [0.4, 0.5) is 0 Å². The number of nitrogens with one attached hydrogen (secondary N) is 1. The summed E-state index contributed by atoms with van der Waals surface area (Å²) in [6, 6.07) is 16.0. The number of benzene rings is 2. The van der Waals surface area contributed by atoms with Gasteiger partial charge in [0.1, 0.15) is 6.04 Å². The molecule has 0 spiro atoms. The summed E-state index contributed by atoms with van der Waals surface area (Å²) in [5, 5.41) is 12.4. The maximum absolute atomic E-state index is 11.2. The zero-order chi connectivity index (χ0) is 16.1. The predicted octanol–water partition coefficient (Wildman–Crippen LogP) is 3.86. The van der Waals surface area contributed by atoms with Crippen molar-refractivity contribution in [3.05, 3.63) is 59.7 Å². The average Bonchev–Trinajstić information content (AvgIpc) is 2.47. The van der Waals surface area contributed by atoms with Crippen LogP contribution in [0.3, 0.4) is 0 Å². The van der Waals surface area contributed by atoms with Crippen molar-refractivity contribution in [2.45, 2.75) is 33.4 Å². The summed E-state index contributed by atoms with van der Waals surface area (Å²) in [5.41, 5.74) is 4.70. The summed E-state index contributed by atoms with van der Waals surface area (Å²) in [6.07, 6.45) is 0. The summed E-state index contributed by atoms with van der Waals surface area (Å²) in [4.78, 5) is 11.2. The molecule has 3 heteroatoms. The van der Waals surface area contributed by atoms with Gasteiger partial charge in [-0.3, -0.25) is 4.79 Å². The van der Waals surface area contributed by atoms with E-state index in [4.69, 9.17) is 0 Å². The van der Waals surface area contributed by atoms with E-state index in [2.05, 4.69) is 36.5 Å². The van der Waals surface area contributed by atoms with E-state index in [1.165, 1.54) is 11.1 Å². The number of carboxylic acids is 1. The third-order valence-electron chi connectivity index (χ3n) is 3.84. The number of aliphatic carboxylic acids is 1. The van der Waals surface area contributed by atoms with Crippen molar-refractivity contribution < 1.29 is 9.90 Å². The zero-order valence-corrected chi connectivity index (χ0v) is 13.3. The first-order chi connectivity index (χ1) is 10.5. The van der Waals surface area contributed by atoms with Crippen molar-refractivity contribution >= 4 is 5.97 Å². The highest BCUT2D eigenvalue weighted by molar-refractivity contribution is 5.73. The predicted molar refractivity (Wildman–Crippen MR) is 89.7 cm³/mol. The van der Waals surface area contributed by atoms with Crippen LogP contribution in [-0.2, 0) is 11.3 Å². The van der Waals surface area contributed by atoms with E-state index in [1.807, 2.05) is 38.1 Å². The molecule has 2 rings (SSSR count). The van der Waals surface area contributed by atoms with Gasteiger partial charge >= 0.3 is 5.97 Å². The van der Waals surface area contributed by atoms with Gasteiger partial charge in [0.25, 0.3) is 0 Å². The minimum Gasteiger partial charge on any atom is -0.480 e. The third kappa shape index (κ3) is 3.95. The van der Waals surface area contributed by atoms with E-state index < -0.39 is 12.0 Å². The highest BCUT2D eigenvalue weighted by Gasteiger charge is 2.20. The molecular formula is C19H23NO2. The molecule has 0 amide bonds. The molecule has 0 saturated heterocycles. The van der Waals surface area contributed by atoms with Gasteiger partial charge in [0, 0.05) is 6.54 Å². The lowest BCUT2D eigenvalue weighted by Crippen LogP contribution is -2.40. The molecule has 0 aliphatic heterocycles. The Balaban J connectivity index is 2.16. The molecule has 2 aromatic rings. The van der Waals surface area contributed by atoms with Gasteiger partial charge < -0.3 is 10.4 Å². The Hall–Kier alpha value is -2.13. The Morgan fingerprint density at radius 2 is 1.86 bits per heavy atom. The van der Waals surface area contributed by atoms with Gasteiger partial charge in [-0.15, -0.1) is 0 Å². The lowest BCUT2D eigenvalue weighted by Gasteiger charge is -2.18. The van der Waals surface area contributed by atoms with Crippen molar-refractivity contribution in [1.82, 2.24) is 5.32 Å². The number of aryl methyl sites for hydroxylation is 1. The fourth-order valence-corrected chi connectivity index (χ4v) is 2.58. The third-order valence-corrected chi connectivity index (χ3v) is 3.84. The Morgan fingerprint density at radius 1 is 1.14 bits per heavy atom. The van der Waals surface area contributed by atoms with Crippen LogP contribution in [0.15, 0.2) is 48.5 Å². The second-order valence-corrected chi connectivity index (χ2v) is 5.96. The molecule has 116 valence electrons. The lowest BCUT2D eigenvalue weighted by atomic mass is 9.98. The Kier molecular flexibility index (Phi) is 5.34. The first-order valence-electron chi connectivity index (χ1n) is 7.60. The Morgan fingerprint density at radius 3 is 2.50 bits per heavy atom. The molecule has 0 saturated carbocycles. The first-order valence-corrected chi connectivity index (χ1v) is 7.60. The van der Waals surface area contributed by atoms with Gasteiger partial charge in [0.05, 0.1) is 0 Å². The second-order valence-electron chi connectivity index (χ2n) is 5.96. The van der Waals surface area contributed by atoms with E-state index in [-0.39, 0.29) is 5.92 Å². The van der Waals surface area contributed by atoms with E-state index in [0.717, 1.165) is 11.1 Å². The summed E-state index contributed by atoms with van der Waals surface area (Å²) in [6.45, 7) is 6.47. The first kappa shape index (κ1) is 16.2. The maximum Gasteiger partial charge on any atom is 0.320 e. The van der Waals surface area contributed by atoms with Crippen molar-refractivity contribution in [2.75, 3.05) is 0 Å². The number of rotatable bonds is 6. The van der Waals surface area contributed by atoms with Gasteiger partial charge in [-0.2, -0.15) is 0 Å². The Labute approximate surface area is 132 Å². The molecule has 0 radical (unpaired) electrons. The molecule has 0 unspecified atom stereocenters. The SMILES string of the molecule is Cc1ccccc1-c1cccc(CN[C@H](C(=O)O)C(C)C)c1. The van der Waals surface area contributed by atoms with Crippen LogP contribution in [0, 0.1) is 12.8 Å². The average molecular weight is 297 g/mol. The molecule has 0 heterocycles. The smallest absolute Gasteiger partial charge is 0.320 e. The minimum absolute atomic E-state index is 0.0528. The quantitative estimate of drug-likeness (QED) is 0.851. The molecule has 2 aromatic carbocycles. The van der Waals surface area contributed by atoms with Crippen molar-refractivity contribution in [2.24, 2.45) is 5.92 Å². The second kappa shape index (κ2) is 7.23. The molecule has 0 aromatic heterocycles. The van der Waals surface area contributed by atoms with Gasteiger partial charge in [-0.05, 0) is 41.2 Å². The zero-order valence-electron chi connectivity index (χ0n) is 13.3. The minimum atomic E-state index is -0.801. The molecule has 3 nitrogen and oxygen atoms in total. The highest BCUT2D eigenvalue weighted by Crippen LogP contribution is 2.23. The number of carboxylic acid groups (broad SMARTS) is 1. The molecular weight excluding hydrogens is 274 g/mol. The largest absolute Gasteiger partial charge is 0.480 e. The van der Waals surface area contributed by atoms with Crippen LogP contribution in [-0.4, -0.2) is 17.1 Å². The molecule has 2 N–H and O–H groups in total.